The first-order chi connectivity index (χ1) is 13.6. The molecule has 0 atom stereocenters. The third-order valence-electron chi connectivity index (χ3n) is 4.16. The topological polar surface area (TPSA) is 82.8 Å². The summed E-state index contributed by atoms with van der Waals surface area (Å²) in [7, 11) is 2.94. The fourth-order valence-corrected chi connectivity index (χ4v) is 3.59. The van der Waals surface area contributed by atoms with Gasteiger partial charge in [-0.2, -0.15) is 9.50 Å². The number of fused-ring (bicyclic) bond motifs is 1. The molecule has 4 rings (SSSR count). The molecule has 0 amide bonds. The van der Waals surface area contributed by atoms with E-state index in [1.165, 1.54) is 23.0 Å². The summed E-state index contributed by atoms with van der Waals surface area (Å²) in [6, 6.07) is 14.1. The van der Waals surface area contributed by atoms with Gasteiger partial charge in [0, 0.05) is 5.56 Å². The van der Waals surface area contributed by atoms with Crippen LogP contribution in [0.4, 0.5) is 0 Å². The van der Waals surface area contributed by atoms with E-state index in [0.717, 1.165) is 16.9 Å². The third-order valence-corrected chi connectivity index (χ3v) is 5.12. The Bertz CT molecular complexity index is 1260. The number of carbonyl (C=O) groups excluding carboxylic acids is 1. The second-order valence-electron chi connectivity index (χ2n) is 5.89. The quantitative estimate of drug-likeness (QED) is 0.494. The predicted molar refractivity (Wildman–Crippen MR) is 106 cm³/mol. The van der Waals surface area contributed by atoms with E-state index in [-0.39, 0.29) is 5.56 Å². The summed E-state index contributed by atoms with van der Waals surface area (Å²) < 4.78 is 11.6. The SMILES string of the molecule is COC(=O)c1ccc(/C=c2\sc3nc(-c4ccc(OC)cc4)nn3c2=O)cc1. The summed E-state index contributed by atoms with van der Waals surface area (Å²) >= 11 is 1.26. The van der Waals surface area contributed by atoms with Gasteiger partial charge in [-0.15, -0.1) is 5.10 Å². The van der Waals surface area contributed by atoms with Crippen LogP contribution in [0.5, 0.6) is 5.75 Å². The fraction of sp³-hybridized carbons (Fsp3) is 0.100. The van der Waals surface area contributed by atoms with E-state index in [2.05, 4.69) is 14.8 Å². The minimum atomic E-state index is -0.402. The number of methoxy groups -OCH3 is 2. The van der Waals surface area contributed by atoms with Crippen molar-refractivity contribution in [2.24, 2.45) is 0 Å². The number of rotatable bonds is 4. The molecule has 0 saturated heterocycles. The average molecular weight is 393 g/mol. The van der Waals surface area contributed by atoms with Gasteiger partial charge in [0.25, 0.3) is 5.56 Å². The molecule has 0 spiro atoms. The lowest BCUT2D eigenvalue weighted by molar-refractivity contribution is 0.0600. The molecule has 0 unspecified atom stereocenters. The summed E-state index contributed by atoms with van der Waals surface area (Å²) in [5, 5.41) is 4.33. The van der Waals surface area contributed by atoms with Crippen molar-refractivity contribution in [1.82, 2.24) is 14.6 Å². The summed E-state index contributed by atoms with van der Waals surface area (Å²) in [4.78, 5) is 29.1. The third kappa shape index (κ3) is 3.25. The molecule has 140 valence electrons. The molecule has 0 aliphatic carbocycles. The molecule has 0 saturated carbocycles. The number of hydrogen-bond donors (Lipinski definition) is 0. The zero-order valence-electron chi connectivity index (χ0n) is 15.1. The van der Waals surface area contributed by atoms with Crippen LogP contribution in [-0.4, -0.2) is 34.8 Å². The van der Waals surface area contributed by atoms with Crippen LogP contribution in [0.15, 0.2) is 53.3 Å². The van der Waals surface area contributed by atoms with E-state index in [4.69, 9.17) is 4.74 Å². The number of nitrogens with zero attached hydrogens (tertiary/aromatic N) is 3. The van der Waals surface area contributed by atoms with Gasteiger partial charge < -0.3 is 9.47 Å². The Morgan fingerprint density at radius 1 is 1.07 bits per heavy atom. The summed E-state index contributed by atoms with van der Waals surface area (Å²) in [6.07, 6.45) is 1.75. The van der Waals surface area contributed by atoms with E-state index in [0.29, 0.717) is 20.9 Å². The van der Waals surface area contributed by atoms with Gasteiger partial charge in [0.15, 0.2) is 5.82 Å². The van der Waals surface area contributed by atoms with E-state index in [1.807, 2.05) is 24.3 Å². The minimum absolute atomic E-state index is 0.232. The van der Waals surface area contributed by atoms with Gasteiger partial charge >= 0.3 is 5.97 Å². The van der Waals surface area contributed by atoms with Crippen LogP contribution in [0.2, 0.25) is 0 Å². The number of thiazole rings is 1. The maximum Gasteiger partial charge on any atom is 0.337 e. The van der Waals surface area contributed by atoms with E-state index < -0.39 is 5.97 Å². The standard InChI is InChI=1S/C20H15N3O4S/c1-26-15-9-7-13(8-10-15)17-21-20-23(22-17)18(24)16(28-20)11-12-3-5-14(6-4-12)19(25)27-2/h3-11H,1-2H3/b16-11-. The second kappa shape index (κ2) is 7.24. The van der Waals surface area contributed by atoms with Gasteiger partial charge in [-0.3, -0.25) is 4.79 Å². The molecule has 7 nitrogen and oxygen atoms in total. The van der Waals surface area contributed by atoms with Crippen molar-refractivity contribution < 1.29 is 14.3 Å². The molecular weight excluding hydrogens is 378 g/mol. The highest BCUT2D eigenvalue weighted by atomic mass is 32.1. The van der Waals surface area contributed by atoms with Gasteiger partial charge in [0.2, 0.25) is 4.96 Å². The van der Waals surface area contributed by atoms with Crippen LogP contribution in [0.1, 0.15) is 15.9 Å². The number of aromatic nitrogens is 3. The van der Waals surface area contributed by atoms with Crippen molar-refractivity contribution in [1.29, 1.82) is 0 Å². The maximum absolute atomic E-state index is 12.6. The lowest BCUT2D eigenvalue weighted by atomic mass is 10.1. The Balaban J connectivity index is 1.68. The molecule has 0 radical (unpaired) electrons. The van der Waals surface area contributed by atoms with Gasteiger partial charge in [-0.25, -0.2) is 4.79 Å². The van der Waals surface area contributed by atoms with Crippen LogP contribution in [0, 0.1) is 0 Å². The van der Waals surface area contributed by atoms with Crippen molar-refractivity contribution in [3.05, 3.63) is 74.5 Å². The van der Waals surface area contributed by atoms with Crippen LogP contribution in [0.25, 0.3) is 22.4 Å². The van der Waals surface area contributed by atoms with Gasteiger partial charge in [-0.05, 0) is 48.0 Å². The summed E-state index contributed by atoms with van der Waals surface area (Å²) in [6.45, 7) is 0. The van der Waals surface area contributed by atoms with E-state index >= 15 is 0 Å². The molecule has 2 heterocycles. The molecule has 0 aliphatic heterocycles. The second-order valence-corrected chi connectivity index (χ2v) is 6.90. The van der Waals surface area contributed by atoms with Crippen LogP contribution < -0.4 is 14.8 Å². The summed E-state index contributed by atoms with van der Waals surface area (Å²) in [5.74, 6) is 0.824. The van der Waals surface area contributed by atoms with Crippen LogP contribution in [0.3, 0.4) is 0 Å². The zero-order valence-corrected chi connectivity index (χ0v) is 15.9. The number of benzene rings is 2. The maximum atomic E-state index is 12.6. The molecular formula is C20H15N3O4S. The van der Waals surface area contributed by atoms with Crippen molar-refractivity contribution >= 4 is 28.3 Å². The monoisotopic (exact) mass is 393 g/mol. The Kier molecular flexibility index (Phi) is 4.62. The van der Waals surface area contributed by atoms with E-state index in [1.54, 1.807) is 37.5 Å². The molecule has 0 bridgehead atoms. The van der Waals surface area contributed by atoms with Gasteiger partial charge in [0.1, 0.15) is 5.75 Å². The first-order valence-electron chi connectivity index (χ1n) is 8.33. The minimum Gasteiger partial charge on any atom is -0.497 e. The highest BCUT2D eigenvalue weighted by Crippen LogP contribution is 2.20. The number of hydrogen-bond acceptors (Lipinski definition) is 7. The Morgan fingerprint density at radius 3 is 2.39 bits per heavy atom. The molecule has 0 N–H and O–H groups in total. The Hall–Kier alpha value is -3.52. The highest BCUT2D eigenvalue weighted by Gasteiger charge is 2.12. The fourth-order valence-electron chi connectivity index (χ4n) is 2.68. The molecule has 28 heavy (non-hydrogen) atoms. The highest BCUT2D eigenvalue weighted by molar-refractivity contribution is 7.15. The number of esters is 1. The van der Waals surface area contributed by atoms with Crippen molar-refractivity contribution in [3.63, 3.8) is 0 Å². The molecule has 8 heteroatoms. The van der Waals surface area contributed by atoms with E-state index in [9.17, 15) is 9.59 Å². The average Bonchev–Trinajstić information content (AvgIpc) is 3.27. The van der Waals surface area contributed by atoms with Crippen molar-refractivity contribution in [2.45, 2.75) is 0 Å². The van der Waals surface area contributed by atoms with Crippen LogP contribution in [-0.2, 0) is 4.74 Å². The first kappa shape index (κ1) is 17.9. The molecule has 4 aromatic rings. The smallest absolute Gasteiger partial charge is 0.337 e. The lowest BCUT2D eigenvalue weighted by Gasteiger charge is -1.99. The molecule has 0 aliphatic rings. The lowest BCUT2D eigenvalue weighted by Crippen LogP contribution is -2.23. The van der Waals surface area contributed by atoms with Crippen LogP contribution >= 0.6 is 11.3 Å². The molecule has 0 fully saturated rings. The summed E-state index contributed by atoms with van der Waals surface area (Å²) in [5.41, 5.74) is 1.82. The predicted octanol–water partition coefficient (Wildman–Crippen LogP) is 2.16. The molecule has 2 aromatic heterocycles. The zero-order chi connectivity index (χ0) is 19.7. The Morgan fingerprint density at radius 2 is 1.79 bits per heavy atom. The van der Waals surface area contributed by atoms with Crippen molar-refractivity contribution in [2.75, 3.05) is 14.2 Å². The Labute approximate surface area is 163 Å². The number of carbonyl (C=O) groups is 1. The van der Waals surface area contributed by atoms with Gasteiger partial charge in [-0.1, -0.05) is 23.5 Å². The normalized spacial score (nSPS) is 11.7. The van der Waals surface area contributed by atoms with Gasteiger partial charge in [0.05, 0.1) is 24.3 Å². The number of ether oxygens (including phenoxy) is 2. The largest absolute Gasteiger partial charge is 0.497 e. The first-order valence-corrected chi connectivity index (χ1v) is 9.15. The van der Waals surface area contributed by atoms with Crippen molar-refractivity contribution in [3.8, 4) is 17.1 Å². The molecule has 2 aromatic carbocycles.